The Morgan fingerprint density at radius 3 is 2.90 bits per heavy atom. The van der Waals surface area contributed by atoms with Crippen molar-refractivity contribution in [1.29, 1.82) is 0 Å². The Labute approximate surface area is 126 Å². The Hall–Kier alpha value is -1.40. The van der Waals surface area contributed by atoms with Crippen molar-refractivity contribution in [3.8, 4) is 0 Å². The van der Waals surface area contributed by atoms with Gasteiger partial charge in [0.05, 0.1) is 18.2 Å². The lowest BCUT2D eigenvalue weighted by Crippen LogP contribution is -2.24. The van der Waals surface area contributed by atoms with E-state index in [0.717, 1.165) is 34.6 Å². The first-order chi connectivity index (χ1) is 9.63. The van der Waals surface area contributed by atoms with E-state index in [-0.39, 0.29) is 18.6 Å². The lowest BCUT2D eigenvalue weighted by molar-refractivity contribution is 0.267. The van der Waals surface area contributed by atoms with E-state index in [0.29, 0.717) is 5.82 Å². The lowest BCUT2D eigenvalue weighted by Gasteiger charge is -2.18. The zero-order chi connectivity index (χ0) is 14.5. The highest BCUT2D eigenvalue weighted by atomic mass is 79.9. The Kier molecular flexibility index (Phi) is 5.14. The molecule has 0 fully saturated rings. The van der Waals surface area contributed by atoms with Crippen molar-refractivity contribution >= 4 is 38.6 Å². The van der Waals surface area contributed by atoms with E-state index in [9.17, 15) is 5.11 Å². The van der Waals surface area contributed by atoms with Crippen LogP contribution in [-0.2, 0) is 0 Å². The van der Waals surface area contributed by atoms with E-state index >= 15 is 0 Å². The number of nitrogens with two attached hydrogens (primary N) is 1. The number of aliphatic hydroxyl groups is 1. The molecule has 5 nitrogen and oxygen atoms in total. The molecule has 2 aromatic rings. The number of unbranched alkanes of at least 4 members (excludes halogenated alkanes) is 1. The van der Waals surface area contributed by atoms with E-state index in [1.807, 2.05) is 18.2 Å². The number of nitrogen functional groups attached to an aromatic ring is 1. The van der Waals surface area contributed by atoms with Crippen LogP contribution in [0.1, 0.15) is 26.2 Å². The highest BCUT2D eigenvalue weighted by Crippen LogP contribution is 2.25. The monoisotopic (exact) mass is 338 g/mol. The molecule has 108 valence electrons. The molecule has 0 bridgehead atoms. The van der Waals surface area contributed by atoms with Crippen molar-refractivity contribution in [2.75, 3.05) is 17.7 Å². The van der Waals surface area contributed by atoms with E-state index in [1.165, 1.54) is 0 Å². The molecule has 1 aromatic heterocycles. The van der Waals surface area contributed by atoms with Crippen LogP contribution in [-0.4, -0.2) is 27.7 Å². The molecule has 0 unspecified atom stereocenters. The molecule has 0 aliphatic rings. The first-order valence-electron chi connectivity index (χ1n) is 6.74. The average molecular weight is 339 g/mol. The van der Waals surface area contributed by atoms with Crippen LogP contribution in [0, 0.1) is 0 Å². The van der Waals surface area contributed by atoms with Gasteiger partial charge in [-0.05, 0) is 24.6 Å². The van der Waals surface area contributed by atoms with Crippen LogP contribution < -0.4 is 11.1 Å². The van der Waals surface area contributed by atoms with Crippen molar-refractivity contribution in [2.45, 2.75) is 32.2 Å². The quantitative estimate of drug-likeness (QED) is 0.754. The summed E-state index contributed by atoms with van der Waals surface area (Å²) in [4.78, 5) is 8.48. The molecule has 1 atom stereocenters. The fourth-order valence-corrected chi connectivity index (χ4v) is 2.43. The fraction of sp³-hybridized carbons (Fsp3) is 0.429. The number of aromatic nitrogens is 2. The summed E-state index contributed by atoms with van der Waals surface area (Å²) in [7, 11) is 0. The molecule has 0 saturated heterocycles. The summed E-state index contributed by atoms with van der Waals surface area (Å²) in [6.45, 7) is 2.20. The van der Waals surface area contributed by atoms with Gasteiger partial charge in [0.25, 0.3) is 0 Å². The van der Waals surface area contributed by atoms with Crippen LogP contribution in [0.15, 0.2) is 22.7 Å². The molecule has 0 aliphatic carbocycles. The van der Waals surface area contributed by atoms with Crippen molar-refractivity contribution in [2.24, 2.45) is 0 Å². The van der Waals surface area contributed by atoms with Gasteiger partial charge in [-0.2, -0.15) is 4.98 Å². The summed E-state index contributed by atoms with van der Waals surface area (Å²) < 4.78 is 0.943. The molecule has 1 heterocycles. The van der Waals surface area contributed by atoms with Crippen molar-refractivity contribution in [3.05, 3.63) is 22.7 Å². The summed E-state index contributed by atoms with van der Waals surface area (Å²) in [5, 5.41) is 13.6. The van der Waals surface area contributed by atoms with E-state index in [2.05, 4.69) is 38.1 Å². The van der Waals surface area contributed by atoms with E-state index in [4.69, 9.17) is 5.73 Å². The number of aliphatic hydroxyl groups excluding tert-OH is 1. The van der Waals surface area contributed by atoms with Crippen molar-refractivity contribution < 1.29 is 5.11 Å². The zero-order valence-corrected chi connectivity index (χ0v) is 13.0. The second-order valence-electron chi connectivity index (χ2n) is 4.76. The van der Waals surface area contributed by atoms with Crippen LogP contribution in [0.3, 0.4) is 0 Å². The number of hydrogen-bond acceptors (Lipinski definition) is 5. The summed E-state index contributed by atoms with van der Waals surface area (Å²) >= 11 is 3.42. The van der Waals surface area contributed by atoms with Crippen molar-refractivity contribution in [1.82, 2.24) is 9.97 Å². The maximum Gasteiger partial charge on any atom is 0.222 e. The molecule has 4 N–H and O–H groups in total. The van der Waals surface area contributed by atoms with Crippen LogP contribution >= 0.6 is 15.9 Å². The van der Waals surface area contributed by atoms with Gasteiger partial charge in [-0.25, -0.2) is 4.98 Å². The third-order valence-electron chi connectivity index (χ3n) is 3.14. The molecule has 0 amide bonds. The standard InChI is InChI=1S/C14H19BrN4O/c1-2-3-4-10(8-20)17-13-11-6-5-9(15)7-12(11)18-14(16)19-13/h5-7,10,20H,2-4,8H2,1H3,(H3,16,17,18,19)/t10-/m1/s1. The Balaban J connectivity index is 2.32. The molecule has 1 aromatic carbocycles. The molecule has 6 heteroatoms. The van der Waals surface area contributed by atoms with E-state index in [1.54, 1.807) is 0 Å². The summed E-state index contributed by atoms with van der Waals surface area (Å²) in [5.41, 5.74) is 6.53. The molecule has 20 heavy (non-hydrogen) atoms. The smallest absolute Gasteiger partial charge is 0.222 e. The van der Waals surface area contributed by atoms with Gasteiger partial charge in [-0.1, -0.05) is 35.7 Å². The topological polar surface area (TPSA) is 84.1 Å². The number of rotatable bonds is 6. The zero-order valence-electron chi connectivity index (χ0n) is 11.4. The third kappa shape index (κ3) is 3.58. The molecular weight excluding hydrogens is 320 g/mol. The molecule has 0 radical (unpaired) electrons. The molecule has 0 saturated carbocycles. The van der Waals surface area contributed by atoms with Gasteiger partial charge in [-0.15, -0.1) is 0 Å². The van der Waals surface area contributed by atoms with Gasteiger partial charge in [0.15, 0.2) is 0 Å². The predicted molar refractivity (Wildman–Crippen MR) is 85.7 cm³/mol. The van der Waals surface area contributed by atoms with Crippen LogP contribution in [0.2, 0.25) is 0 Å². The molecule has 0 spiro atoms. The van der Waals surface area contributed by atoms with E-state index < -0.39 is 0 Å². The Morgan fingerprint density at radius 1 is 1.40 bits per heavy atom. The van der Waals surface area contributed by atoms with Gasteiger partial charge in [-0.3, -0.25) is 0 Å². The van der Waals surface area contributed by atoms with Crippen LogP contribution in [0.5, 0.6) is 0 Å². The predicted octanol–water partition coefficient (Wildman–Crippen LogP) is 2.94. The van der Waals surface area contributed by atoms with Crippen LogP contribution in [0.4, 0.5) is 11.8 Å². The van der Waals surface area contributed by atoms with Crippen LogP contribution in [0.25, 0.3) is 10.9 Å². The molecule has 0 aliphatic heterocycles. The number of hydrogen-bond donors (Lipinski definition) is 3. The number of nitrogens with one attached hydrogen (secondary N) is 1. The number of nitrogens with zero attached hydrogens (tertiary/aromatic N) is 2. The normalized spacial score (nSPS) is 12.6. The average Bonchev–Trinajstić information content (AvgIpc) is 2.42. The van der Waals surface area contributed by atoms with Gasteiger partial charge in [0, 0.05) is 9.86 Å². The van der Waals surface area contributed by atoms with Gasteiger partial charge in [0.1, 0.15) is 5.82 Å². The molecular formula is C14H19BrN4O. The Morgan fingerprint density at radius 2 is 2.20 bits per heavy atom. The number of benzene rings is 1. The number of fused-ring (bicyclic) bond motifs is 1. The maximum atomic E-state index is 9.45. The second-order valence-corrected chi connectivity index (χ2v) is 5.67. The summed E-state index contributed by atoms with van der Waals surface area (Å²) in [5.74, 6) is 0.903. The first kappa shape index (κ1) is 15.0. The highest BCUT2D eigenvalue weighted by Gasteiger charge is 2.12. The van der Waals surface area contributed by atoms with Gasteiger partial charge >= 0.3 is 0 Å². The highest BCUT2D eigenvalue weighted by molar-refractivity contribution is 9.10. The van der Waals surface area contributed by atoms with Gasteiger partial charge in [0.2, 0.25) is 5.95 Å². The summed E-state index contributed by atoms with van der Waals surface area (Å²) in [6, 6.07) is 5.76. The first-order valence-corrected chi connectivity index (χ1v) is 7.53. The number of halogens is 1. The lowest BCUT2D eigenvalue weighted by atomic mass is 10.1. The van der Waals surface area contributed by atoms with Crippen molar-refractivity contribution in [3.63, 3.8) is 0 Å². The molecule has 2 rings (SSSR count). The third-order valence-corrected chi connectivity index (χ3v) is 3.64. The second kappa shape index (κ2) is 6.85. The van der Waals surface area contributed by atoms with Gasteiger partial charge < -0.3 is 16.2 Å². The minimum absolute atomic E-state index is 0.0175. The largest absolute Gasteiger partial charge is 0.394 e. The summed E-state index contributed by atoms with van der Waals surface area (Å²) in [6.07, 6.45) is 3.05. The number of anilines is 2. The SMILES string of the molecule is CCCC[C@H](CO)Nc1nc(N)nc2cc(Br)ccc12. The Bertz CT molecular complexity index is 585. The fourth-order valence-electron chi connectivity index (χ4n) is 2.08. The maximum absolute atomic E-state index is 9.45. The minimum atomic E-state index is -0.0175. The minimum Gasteiger partial charge on any atom is -0.394 e.